The highest BCUT2D eigenvalue weighted by Crippen LogP contribution is 2.28. The van der Waals surface area contributed by atoms with Crippen molar-refractivity contribution < 1.29 is 4.42 Å². The lowest BCUT2D eigenvalue weighted by atomic mass is 9.93. The lowest BCUT2D eigenvalue weighted by molar-refractivity contribution is 0.540. The van der Waals surface area contributed by atoms with Crippen molar-refractivity contribution in [2.75, 3.05) is 6.54 Å². The average molecular weight is 213 g/mol. The first-order valence-corrected chi connectivity index (χ1v) is 5.75. The normalized spacial score (nSPS) is 19.4. The maximum Gasteiger partial charge on any atom is 0.133 e. The molecule has 2 nitrogen and oxygen atoms in total. The Labute approximate surface area is 95.3 Å². The van der Waals surface area contributed by atoms with E-state index in [1.807, 2.05) is 12.1 Å². The molecule has 1 aliphatic heterocycles. The first kappa shape index (κ1) is 9.67. The summed E-state index contributed by atoms with van der Waals surface area (Å²) in [5, 5.41) is 3.47. The average Bonchev–Trinajstić information content (AvgIpc) is 2.82. The van der Waals surface area contributed by atoms with E-state index in [-0.39, 0.29) is 0 Å². The second kappa shape index (κ2) is 3.80. The van der Waals surface area contributed by atoms with Crippen molar-refractivity contribution >= 4 is 0 Å². The summed E-state index contributed by atoms with van der Waals surface area (Å²) in [6.07, 6.45) is 2.83. The maximum atomic E-state index is 5.42. The van der Waals surface area contributed by atoms with Crippen LogP contribution in [-0.2, 0) is 6.42 Å². The molecule has 1 aromatic heterocycles. The first-order valence-electron chi connectivity index (χ1n) is 5.75. The van der Waals surface area contributed by atoms with Crippen LogP contribution in [0.25, 0.3) is 11.3 Å². The van der Waals surface area contributed by atoms with E-state index < -0.39 is 0 Å². The number of fused-ring (bicyclic) bond motifs is 1. The fourth-order valence-corrected chi connectivity index (χ4v) is 2.37. The van der Waals surface area contributed by atoms with Crippen LogP contribution < -0.4 is 5.32 Å². The molecule has 2 heterocycles. The van der Waals surface area contributed by atoms with Gasteiger partial charge in [-0.05, 0) is 49.2 Å². The van der Waals surface area contributed by atoms with E-state index in [0.717, 1.165) is 18.7 Å². The van der Waals surface area contributed by atoms with Gasteiger partial charge >= 0.3 is 0 Å². The molecule has 2 aromatic rings. The van der Waals surface area contributed by atoms with E-state index in [0.29, 0.717) is 6.04 Å². The predicted molar refractivity (Wildman–Crippen MR) is 64.3 cm³/mol. The molecule has 0 saturated heterocycles. The predicted octanol–water partition coefficient (Wildman–Crippen LogP) is 3.15. The molecule has 0 amide bonds. The van der Waals surface area contributed by atoms with Crippen molar-refractivity contribution in [1.82, 2.24) is 5.32 Å². The molecule has 2 heteroatoms. The zero-order chi connectivity index (χ0) is 11.0. The lowest BCUT2D eigenvalue weighted by Gasteiger charge is -2.24. The number of benzene rings is 1. The molecule has 16 heavy (non-hydrogen) atoms. The first-order chi connectivity index (χ1) is 7.84. The quantitative estimate of drug-likeness (QED) is 0.787. The minimum atomic E-state index is 0.467. The zero-order valence-corrected chi connectivity index (χ0v) is 9.36. The molecular formula is C14H15NO. The van der Waals surface area contributed by atoms with E-state index >= 15 is 0 Å². The molecule has 1 unspecified atom stereocenters. The number of nitrogens with one attached hydrogen (secondary N) is 1. The molecule has 0 radical (unpaired) electrons. The Hall–Kier alpha value is -1.54. The topological polar surface area (TPSA) is 25.2 Å². The van der Waals surface area contributed by atoms with Gasteiger partial charge in [-0.15, -0.1) is 0 Å². The van der Waals surface area contributed by atoms with Gasteiger partial charge in [0, 0.05) is 11.6 Å². The fraction of sp³-hybridized carbons (Fsp3) is 0.286. The Morgan fingerprint density at radius 3 is 3.06 bits per heavy atom. The van der Waals surface area contributed by atoms with Gasteiger partial charge in [0.25, 0.3) is 0 Å². The van der Waals surface area contributed by atoms with Crippen LogP contribution in [0.1, 0.15) is 24.1 Å². The van der Waals surface area contributed by atoms with Crippen LogP contribution in [0.4, 0.5) is 0 Å². The molecule has 3 rings (SSSR count). The Morgan fingerprint density at radius 1 is 1.31 bits per heavy atom. The van der Waals surface area contributed by atoms with Crippen molar-refractivity contribution in [2.24, 2.45) is 0 Å². The minimum Gasteiger partial charge on any atom is -0.464 e. The summed E-state index contributed by atoms with van der Waals surface area (Å²) in [6, 6.07) is 11.0. The number of furan rings is 1. The second-order valence-electron chi connectivity index (χ2n) is 4.32. The van der Waals surface area contributed by atoms with Crippen LogP contribution in [0.2, 0.25) is 0 Å². The molecule has 0 saturated carbocycles. The summed E-state index contributed by atoms with van der Waals surface area (Å²) in [5.41, 5.74) is 4.04. The Bertz CT molecular complexity index is 487. The molecule has 1 N–H and O–H groups in total. The third kappa shape index (κ3) is 1.55. The van der Waals surface area contributed by atoms with Gasteiger partial charge in [-0.25, -0.2) is 0 Å². The summed E-state index contributed by atoms with van der Waals surface area (Å²) < 4.78 is 5.42. The highest BCUT2D eigenvalue weighted by molar-refractivity contribution is 5.60. The summed E-state index contributed by atoms with van der Waals surface area (Å²) in [4.78, 5) is 0. The van der Waals surface area contributed by atoms with Crippen LogP contribution in [0, 0.1) is 0 Å². The smallest absolute Gasteiger partial charge is 0.133 e. The largest absolute Gasteiger partial charge is 0.464 e. The second-order valence-corrected chi connectivity index (χ2v) is 4.32. The molecule has 0 spiro atoms. The van der Waals surface area contributed by atoms with Crippen molar-refractivity contribution in [3.05, 3.63) is 47.7 Å². The SMILES string of the molecule is CC1NCCc2cc(-c3ccco3)ccc21. The van der Waals surface area contributed by atoms with Crippen molar-refractivity contribution in [3.8, 4) is 11.3 Å². The van der Waals surface area contributed by atoms with Crippen LogP contribution in [0.3, 0.4) is 0 Å². The van der Waals surface area contributed by atoms with Gasteiger partial charge in [-0.2, -0.15) is 0 Å². The molecule has 82 valence electrons. The van der Waals surface area contributed by atoms with Crippen LogP contribution in [0.5, 0.6) is 0 Å². The van der Waals surface area contributed by atoms with Crippen LogP contribution in [-0.4, -0.2) is 6.54 Å². The molecule has 0 aliphatic carbocycles. The highest BCUT2D eigenvalue weighted by Gasteiger charge is 2.16. The maximum absolute atomic E-state index is 5.42. The number of rotatable bonds is 1. The van der Waals surface area contributed by atoms with Gasteiger partial charge in [-0.1, -0.05) is 12.1 Å². The summed E-state index contributed by atoms with van der Waals surface area (Å²) in [7, 11) is 0. The van der Waals surface area contributed by atoms with Gasteiger partial charge in [0.1, 0.15) is 5.76 Å². The Morgan fingerprint density at radius 2 is 2.25 bits per heavy atom. The summed E-state index contributed by atoms with van der Waals surface area (Å²) in [5.74, 6) is 0.953. The zero-order valence-electron chi connectivity index (χ0n) is 9.36. The van der Waals surface area contributed by atoms with E-state index in [9.17, 15) is 0 Å². The van der Waals surface area contributed by atoms with Gasteiger partial charge in [0.15, 0.2) is 0 Å². The molecule has 0 bridgehead atoms. The van der Waals surface area contributed by atoms with Crippen LogP contribution >= 0.6 is 0 Å². The number of hydrogen-bond acceptors (Lipinski definition) is 2. The van der Waals surface area contributed by atoms with Crippen molar-refractivity contribution in [3.63, 3.8) is 0 Å². The molecule has 1 aromatic carbocycles. The van der Waals surface area contributed by atoms with Gasteiger partial charge in [-0.3, -0.25) is 0 Å². The standard InChI is InChI=1S/C14H15NO/c1-10-13-5-4-12(14-3-2-8-16-14)9-11(13)6-7-15-10/h2-5,8-10,15H,6-7H2,1H3. The molecular weight excluding hydrogens is 198 g/mol. The lowest BCUT2D eigenvalue weighted by Crippen LogP contribution is -2.27. The monoisotopic (exact) mass is 213 g/mol. The van der Waals surface area contributed by atoms with Gasteiger partial charge in [0.2, 0.25) is 0 Å². The fourth-order valence-electron chi connectivity index (χ4n) is 2.37. The van der Waals surface area contributed by atoms with Gasteiger partial charge in [0.05, 0.1) is 6.26 Å². The van der Waals surface area contributed by atoms with Crippen LogP contribution in [0.15, 0.2) is 41.0 Å². The van der Waals surface area contributed by atoms with E-state index in [1.165, 1.54) is 16.7 Å². The third-order valence-corrected chi connectivity index (χ3v) is 3.26. The van der Waals surface area contributed by atoms with Crippen molar-refractivity contribution in [2.45, 2.75) is 19.4 Å². The minimum absolute atomic E-state index is 0.467. The highest BCUT2D eigenvalue weighted by atomic mass is 16.3. The van der Waals surface area contributed by atoms with E-state index in [2.05, 4.69) is 30.4 Å². The molecule has 1 aliphatic rings. The summed E-state index contributed by atoms with van der Waals surface area (Å²) in [6.45, 7) is 3.28. The van der Waals surface area contributed by atoms with E-state index in [1.54, 1.807) is 6.26 Å². The van der Waals surface area contributed by atoms with E-state index in [4.69, 9.17) is 4.42 Å². The van der Waals surface area contributed by atoms with Gasteiger partial charge < -0.3 is 9.73 Å². The summed E-state index contributed by atoms with van der Waals surface area (Å²) >= 11 is 0. The van der Waals surface area contributed by atoms with Crippen molar-refractivity contribution in [1.29, 1.82) is 0 Å². The Balaban J connectivity index is 2.05. The number of hydrogen-bond donors (Lipinski definition) is 1. The molecule has 1 atom stereocenters. The third-order valence-electron chi connectivity index (χ3n) is 3.26. The Kier molecular flexibility index (Phi) is 2.29. The molecule has 0 fully saturated rings.